The Morgan fingerprint density at radius 2 is 1.73 bits per heavy atom. The number of alkyl halides is 3. The van der Waals surface area contributed by atoms with Gasteiger partial charge in [-0.1, -0.05) is 46.9 Å². The van der Waals surface area contributed by atoms with Crippen LogP contribution in [0.2, 0.25) is 15.1 Å². The van der Waals surface area contributed by atoms with Crippen LogP contribution in [0.15, 0.2) is 36.4 Å². The first kappa shape index (κ1) is 18.8. The monoisotopic (exact) mass is 421 g/mol. The second-order valence-electron chi connectivity index (χ2n) is 5.30. The fraction of sp³-hybridized carbons (Fsp3) is 0.125. The van der Waals surface area contributed by atoms with Gasteiger partial charge in [-0.2, -0.15) is 13.2 Å². The van der Waals surface area contributed by atoms with Crippen LogP contribution in [0.4, 0.5) is 18.9 Å². The Morgan fingerprint density at radius 3 is 2.42 bits per heavy atom. The smallest absolute Gasteiger partial charge is 0.323 e. The first-order valence-electron chi connectivity index (χ1n) is 7.13. The molecule has 0 aliphatic rings. The number of rotatable bonds is 3. The molecule has 0 aliphatic carbocycles. The zero-order valence-electron chi connectivity index (χ0n) is 12.7. The third-order valence-electron chi connectivity index (χ3n) is 3.49. The van der Waals surface area contributed by atoms with E-state index in [-0.39, 0.29) is 31.8 Å². The number of imidazole rings is 1. The van der Waals surface area contributed by atoms with Gasteiger partial charge in [0.2, 0.25) is 11.7 Å². The number of carbonyl (C=O) groups is 1. The molecule has 1 aromatic heterocycles. The number of fused-ring (bicyclic) bond motifs is 1. The predicted octanol–water partition coefficient (Wildman–Crippen LogP) is 5.65. The molecule has 0 aliphatic heterocycles. The molecule has 0 saturated carbocycles. The fourth-order valence-electron chi connectivity index (χ4n) is 2.40. The molecule has 0 saturated heterocycles. The summed E-state index contributed by atoms with van der Waals surface area (Å²) in [5, 5.41) is 2.88. The molecule has 0 radical (unpaired) electrons. The molecule has 0 fully saturated rings. The molecule has 0 bridgehead atoms. The standard InChI is InChI=1S/C16H9Cl3F3N3O/c17-8-5-10(19)12(6-9(8)18)23-14(26)7-25-13-4-2-1-3-11(13)24-15(25)16(20,21)22/h1-6H,7H2,(H,23,26). The highest BCUT2D eigenvalue weighted by atomic mass is 35.5. The van der Waals surface area contributed by atoms with Crippen LogP contribution in [0, 0.1) is 0 Å². The molecule has 4 nitrogen and oxygen atoms in total. The molecule has 1 heterocycles. The first-order valence-corrected chi connectivity index (χ1v) is 8.27. The van der Waals surface area contributed by atoms with Crippen LogP contribution in [-0.4, -0.2) is 15.5 Å². The van der Waals surface area contributed by atoms with Crippen LogP contribution >= 0.6 is 34.8 Å². The van der Waals surface area contributed by atoms with Crippen molar-refractivity contribution >= 4 is 57.4 Å². The lowest BCUT2D eigenvalue weighted by molar-refractivity contribution is -0.147. The van der Waals surface area contributed by atoms with Crippen LogP contribution in [0.5, 0.6) is 0 Å². The van der Waals surface area contributed by atoms with Crippen molar-refractivity contribution in [1.29, 1.82) is 0 Å². The molecular formula is C16H9Cl3F3N3O. The second-order valence-corrected chi connectivity index (χ2v) is 6.52. The molecule has 0 unspecified atom stereocenters. The van der Waals surface area contributed by atoms with E-state index in [9.17, 15) is 18.0 Å². The Labute approximate surface area is 160 Å². The van der Waals surface area contributed by atoms with Crippen molar-refractivity contribution < 1.29 is 18.0 Å². The van der Waals surface area contributed by atoms with E-state index in [2.05, 4.69) is 10.3 Å². The van der Waals surface area contributed by atoms with Gasteiger partial charge >= 0.3 is 6.18 Å². The summed E-state index contributed by atoms with van der Waals surface area (Å²) in [4.78, 5) is 15.9. The number of nitrogens with one attached hydrogen (secondary N) is 1. The van der Waals surface area contributed by atoms with E-state index >= 15 is 0 Å². The van der Waals surface area contributed by atoms with E-state index in [1.807, 2.05) is 0 Å². The number of nitrogens with zero attached hydrogens (tertiary/aromatic N) is 2. The van der Waals surface area contributed by atoms with E-state index in [1.54, 1.807) is 12.1 Å². The Morgan fingerprint density at radius 1 is 1.08 bits per heavy atom. The molecule has 10 heteroatoms. The van der Waals surface area contributed by atoms with Gasteiger partial charge < -0.3 is 9.88 Å². The quantitative estimate of drug-likeness (QED) is 0.554. The summed E-state index contributed by atoms with van der Waals surface area (Å²) in [6, 6.07) is 8.67. The predicted molar refractivity (Wildman–Crippen MR) is 94.8 cm³/mol. The van der Waals surface area contributed by atoms with Crippen LogP contribution in [0.1, 0.15) is 5.82 Å². The topological polar surface area (TPSA) is 46.9 Å². The molecule has 0 atom stereocenters. The number of hydrogen-bond donors (Lipinski definition) is 1. The molecule has 1 N–H and O–H groups in total. The van der Waals surface area contributed by atoms with E-state index in [0.717, 1.165) is 4.57 Å². The molecule has 3 rings (SSSR count). The normalized spacial score (nSPS) is 11.8. The van der Waals surface area contributed by atoms with Gasteiger partial charge in [-0.3, -0.25) is 4.79 Å². The number of aromatic nitrogens is 2. The van der Waals surface area contributed by atoms with Gasteiger partial charge in [0.25, 0.3) is 0 Å². The number of amides is 1. The van der Waals surface area contributed by atoms with Gasteiger partial charge in [0.15, 0.2) is 0 Å². The minimum atomic E-state index is -4.71. The van der Waals surface area contributed by atoms with Gasteiger partial charge in [-0.05, 0) is 24.3 Å². The molecule has 2 aromatic carbocycles. The number of carbonyl (C=O) groups excluding carboxylic acids is 1. The largest absolute Gasteiger partial charge is 0.449 e. The summed E-state index contributed by atoms with van der Waals surface area (Å²) in [6.07, 6.45) is -4.71. The van der Waals surface area contributed by atoms with Gasteiger partial charge in [0, 0.05) is 0 Å². The highest BCUT2D eigenvalue weighted by Crippen LogP contribution is 2.33. The number of benzene rings is 2. The second kappa shape index (κ2) is 6.98. The van der Waals surface area contributed by atoms with Crippen molar-refractivity contribution in [3.8, 4) is 0 Å². The zero-order chi connectivity index (χ0) is 19.1. The van der Waals surface area contributed by atoms with Crippen LogP contribution in [-0.2, 0) is 17.5 Å². The first-order chi connectivity index (χ1) is 12.2. The zero-order valence-corrected chi connectivity index (χ0v) is 15.0. The maximum atomic E-state index is 13.3. The van der Waals surface area contributed by atoms with Crippen molar-refractivity contribution in [3.05, 3.63) is 57.3 Å². The van der Waals surface area contributed by atoms with Gasteiger partial charge in [-0.15, -0.1) is 0 Å². The van der Waals surface area contributed by atoms with Gasteiger partial charge in [0.1, 0.15) is 6.54 Å². The highest BCUT2D eigenvalue weighted by molar-refractivity contribution is 6.44. The minimum absolute atomic E-state index is 0.110. The summed E-state index contributed by atoms with van der Waals surface area (Å²) in [7, 11) is 0. The van der Waals surface area contributed by atoms with Crippen molar-refractivity contribution in [2.75, 3.05) is 5.32 Å². The average Bonchev–Trinajstić information content (AvgIpc) is 2.91. The molecule has 136 valence electrons. The van der Waals surface area contributed by atoms with Gasteiger partial charge in [0.05, 0.1) is 31.8 Å². The molecule has 3 aromatic rings. The SMILES string of the molecule is O=C(Cn1c(C(F)(F)F)nc2ccccc21)Nc1cc(Cl)c(Cl)cc1Cl. The lowest BCUT2D eigenvalue weighted by Gasteiger charge is -2.13. The van der Waals surface area contributed by atoms with Gasteiger partial charge in [-0.25, -0.2) is 4.98 Å². The summed E-state index contributed by atoms with van der Waals surface area (Å²) in [5.74, 6) is -1.88. The summed E-state index contributed by atoms with van der Waals surface area (Å²) < 4.78 is 40.6. The van der Waals surface area contributed by atoms with Crippen molar-refractivity contribution in [3.63, 3.8) is 0 Å². The summed E-state index contributed by atoms with van der Waals surface area (Å²) >= 11 is 17.6. The van der Waals surface area contributed by atoms with Crippen LogP contribution in [0.25, 0.3) is 11.0 Å². The summed E-state index contributed by atoms with van der Waals surface area (Å²) in [6.45, 7) is -0.605. The van der Waals surface area contributed by atoms with Crippen molar-refractivity contribution in [2.45, 2.75) is 12.7 Å². The molecule has 1 amide bonds. The van der Waals surface area contributed by atoms with E-state index in [0.29, 0.717) is 0 Å². The molecular weight excluding hydrogens is 414 g/mol. The third kappa shape index (κ3) is 3.75. The number of para-hydroxylation sites is 2. The van der Waals surface area contributed by atoms with E-state index < -0.39 is 24.5 Å². The molecule has 0 spiro atoms. The molecule has 26 heavy (non-hydrogen) atoms. The Balaban J connectivity index is 1.94. The lowest BCUT2D eigenvalue weighted by Crippen LogP contribution is -2.23. The number of halogens is 6. The Bertz CT molecular complexity index is 1000. The number of anilines is 1. The maximum Gasteiger partial charge on any atom is 0.449 e. The van der Waals surface area contributed by atoms with E-state index in [1.165, 1.54) is 24.3 Å². The number of hydrogen-bond acceptors (Lipinski definition) is 2. The fourth-order valence-corrected chi connectivity index (χ4v) is 3.00. The third-order valence-corrected chi connectivity index (χ3v) is 4.53. The van der Waals surface area contributed by atoms with Crippen LogP contribution in [0.3, 0.4) is 0 Å². The summed E-state index contributed by atoms with van der Waals surface area (Å²) in [5.41, 5.74) is 0.472. The van der Waals surface area contributed by atoms with E-state index in [4.69, 9.17) is 34.8 Å². The minimum Gasteiger partial charge on any atom is -0.323 e. The highest BCUT2D eigenvalue weighted by Gasteiger charge is 2.38. The Kier molecular flexibility index (Phi) is 5.05. The van der Waals surface area contributed by atoms with Crippen LogP contribution < -0.4 is 5.32 Å². The van der Waals surface area contributed by atoms with Crippen molar-refractivity contribution in [2.24, 2.45) is 0 Å². The maximum absolute atomic E-state index is 13.3. The lowest BCUT2D eigenvalue weighted by atomic mass is 10.3. The average molecular weight is 423 g/mol. The van der Waals surface area contributed by atoms with Crippen molar-refractivity contribution in [1.82, 2.24) is 9.55 Å². The Hall–Kier alpha value is -1.96.